The quantitative estimate of drug-likeness (QED) is 0.603. The first-order chi connectivity index (χ1) is 14.0. The topological polar surface area (TPSA) is 86.0 Å². The molecule has 3 aromatic rings. The molecule has 29 heavy (non-hydrogen) atoms. The zero-order valence-electron chi connectivity index (χ0n) is 16.8. The minimum atomic E-state index is -0.319. The average Bonchev–Trinajstić information content (AvgIpc) is 3.15. The average molecular weight is 388 g/mol. The van der Waals surface area contributed by atoms with Crippen LogP contribution in [0.3, 0.4) is 0 Å². The zero-order chi connectivity index (χ0) is 20.8. The van der Waals surface area contributed by atoms with E-state index in [0.29, 0.717) is 22.6 Å². The molecule has 7 nitrogen and oxygen atoms in total. The number of nitrogens with zero attached hydrogens (tertiary/aromatic N) is 4. The van der Waals surface area contributed by atoms with E-state index >= 15 is 0 Å². The maximum Gasteiger partial charge on any atom is 0.288 e. The third-order valence-electron chi connectivity index (χ3n) is 4.60. The van der Waals surface area contributed by atoms with Gasteiger partial charge in [0.15, 0.2) is 0 Å². The van der Waals surface area contributed by atoms with Crippen molar-refractivity contribution in [2.24, 2.45) is 0 Å². The summed E-state index contributed by atoms with van der Waals surface area (Å²) in [4.78, 5) is 15.0. The van der Waals surface area contributed by atoms with Gasteiger partial charge < -0.3 is 4.90 Å². The zero-order valence-corrected chi connectivity index (χ0v) is 16.8. The number of hydrazine groups is 1. The van der Waals surface area contributed by atoms with Crippen LogP contribution in [0.4, 0.5) is 11.4 Å². The standard InChI is InChI=1S/C22H24N6O/c1-4-27(5-2)19-11-9-18(10-12-19)24-25-22(29)21-13-16(3)26-28(21)20-8-6-7-17(14-20)15-23/h6-14,24H,4-5H2,1-3H3,(H,25,29). The summed E-state index contributed by atoms with van der Waals surface area (Å²) in [5, 5.41) is 13.5. The summed E-state index contributed by atoms with van der Waals surface area (Å²) < 4.78 is 1.54. The Hall–Kier alpha value is -3.79. The van der Waals surface area contributed by atoms with Crippen LogP contribution >= 0.6 is 0 Å². The maximum atomic E-state index is 12.7. The summed E-state index contributed by atoms with van der Waals surface area (Å²) in [5.74, 6) is -0.319. The van der Waals surface area contributed by atoms with Crippen LogP contribution in [0, 0.1) is 18.3 Å². The molecule has 0 bridgehead atoms. The van der Waals surface area contributed by atoms with Crippen LogP contribution in [0.5, 0.6) is 0 Å². The maximum absolute atomic E-state index is 12.7. The van der Waals surface area contributed by atoms with Gasteiger partial charge in [0, 0.05) is 18.8 Å². The summed E-state index contributed by atoms with van der Waals surface area (Å²) in [6, 6.07) is 18.7. The molecule has 0 atom stereocenters. The van der Waals surface area contributed by atoms with Crippen molar-refractivity contribution >= 4 is 17.3 Å². The molecular weight excluding hydrogens is 364 g/mol. The molecule has 0 saturated heterocycles. The molecule has 0 aliphatic heterocycles. The van der Waals surface area contributed by atoms with Gasteiger partial charge in [-0.3, -0.25) is 15.6 Å². The number of amides is 1. The van der Waals surface area contributed by atoms with Crippen molar-refractivity contribution in [1.29, 1.82) is 5.26 Å². The number of aromatic nitrogens is 2. The molecule has 3 rings (SSSR count). The first-order valence-electron chi connectivity index (χ1n) is 9.54. The van der Waals surface area contributed by atoms with E-state index in [-0.39, 0.29) is 5.91 Å². The molecule has 1 heterocycles. The van der Waals surface area contributed by atoms with E-state index in [2.05, 4.69) is 40.8 Å². The van der Waals surface area contributed by atoms with Crippen LogP contribution in [0.1, 0.15) is 35.6 Å². The first kappa shape index (κ1) is 20.0. The van der Waals surface area contributed by atoms with Crippen LogP contribution < -0.4 is 15.8 Å². The Labute approximate surface area is 170 Å². The van der Waals surface area contributed by atoms with Crippen LogP contribution in [-0.2, 0) is 0 Å². The number of carbonyl (C=O) groups excluding carboxylic acids is 1. The van der Waals surface area contributed by atoms with E-state index in [4.69, 9.17) is 5.26 Å². The van der Waals surface area contributed by atoms with Crippen molar-refractivity contribution in [2.45, 2.75) is 20.8 Å². The number of hydrogen-bond acceptors (Lipinski definition) is 5. The Kier molecular flexibility index (Phi) is 6.15. The molecular formula is C22H24N6O. The van der Waals surface area contributed by atoms with Gasteiger partial charge in [-0.15, -0.1) is 0 Å². The second-order valence-electron chi connectivity index (χ2n) is 6.54. The molecule has 2 N–H and O–H groups in total. The third kappa shape index (κ3) is 4.55. The minimum Gasteiger partial charge on any atom is -0.372 e. The highest BCUT2D eigenvalue weighted by Crippen LogP contribution is 2.18. The molecule has 0 aliphatic carbocycles. The van der Waals surface area contributed by atoms with Gasteiger partial charge >= 0.3 is 0 Å². The normalized spacial score (nSPS) is 10.3. The van der Waals surface area contributed by atoms with Crippen molar-refractivity contribution in [2.75, 3.05) is 23.4 Å². The van der Waals surface area contributed by atoms with Gasteiger partial charge in [0.05, 0.1) is 28.7 Å². The fourth-order valence-corrected chi connectivity index (χ4v) is 3.10. The summed E-state index contributed by atoms with van der Waals surface area (Å²) in [7, 11) is 0. The van der Waals surface area contributed by atoms with Gasteiger partial charge in [-0.25, -0.2) is 4.68 Å². The highest BCUT2D eigenvalue weighted by molar-refractivity contribution is 5.94. The molecule has 148 valence electrons. The van der Waals surface area contributed by atoms with Gasteiger partial charge in [0.25, 0.3) is 5.91 Å². The van der Waals surface area contributed by atoms with Crippen molar-refractivity contribution in [3.05, 3.63) is 71.5 Å². The summed E-state index contributed by atoms with van der Waals surface area (Å²) in [6.07, 6.45) is 0. The molecule has 7 heteroatoms. The van der Waals surface area contributed by atoms with Crippen molar-refractivity contribution in [1.82, 2.24) is 15.2 Å². The van der Waals surface area contributed by atoms with Gasteiger partial charge in [-0.2, -0.15) is 10.4 Å². The Morgan fingerprint density at radius 1 is 1.14 bits per heavy atom. The number of anilines is 2. The minimum absolute atomic E-state index is 0.319. The Morgan fingerprint density at radius 3 is 2.52 bits per heavy atom. The highest BCUT2D eigenvalue weighted by atomic mass is 16.2. The van der Waals surface area contributed by atoms with E-state index in [1.54, 1.807) is 24.3 Å². The van der Waals surface area contributed by atoms with E-state index in [0.717, 1.165) is 24.5 Å². The monoisotopic (exact) mass is 388 g/mol. The lowest BCUT2D eigenvalue weighted by Gasteiger charge is -2.21. The van der Waals surface area contributed by atoms with Crippen LogP contribution in [0.15, 0.2) is 54.6 Å². The molecule has 0 saturated carbocycles. The first-order valence-corrected chi connectivity index (χ1v) is 9.54. The SMILES string of the molecule is CCN(CC)c1ccc(NNC(=O)c2cc(C)nn2-c2cccc(C#N)c2)cc1. The van der Waals surface area contributed by atoms with Gasteiger partial charge in [0.2, 0.25) is 0 Å². The number of aryl methyl sites for hydroxylation is 1. The van der Waals surface area contributed by atoms with Gasteiger partial charge in [-0.1, -0.05) is 6.07 Å². The number of benzene rings is 2. The molecule has 0 radical (unpaired) electrons. The molecule has 2 aromatic carbocycles. The summed E-state index contributed by atoms with van der Waals surface area (Å²) in [6.45, 7) is 7.94. The molecule has 1 aromatic heterocycles. The van der Waals surface area contributed by atoms with Gasteiger partial charge in [0.1, 0.15) is 5.69 Å². The van der Waals surface area contributed by atoms with Gasteiger partial charge in [-0.05, 0) is 69.3 Å². The second-order valence-corrected chi connectivity index (χ2v) is 6.54. The number of hydrogen-bond donors (Lipinski definition) is 2. The van der Waals surface area contributed by atoms with Crippen LogP contribution in [0.2, 0.25) is 0 Å². The number of rotatable bonds is 7. The summed E-state index contributed by atoms with van der Waals surface area (Å²) >= 11 is 0. The van der Waals surface area contributed by atoms with E-state index < -0.39 is 0 Å². The smallest absolute Gasteiger partial charge is 0.288 e. The largest absolute Gasteiger partial charge is 0.372 e. The Balaban J connectivity index is 1.74. The number of carbonyl (C=O) groups is 1. The third-order valence-corrected chi connectivity index (χ3v) is 4.60. The Morgan fingerprint density at radius 2 is 1.86 bits per heavy atom. The molecule has 0 aliphatic rings. The predicted octanol–water partition coefficient (Wildman–Crippen LogP) is 3.66. The van der Waals surface area contributed by atoms with E-state index in [1.807, 2.05) is 37.3 Å². The number of nitriles is 1. The van der Waals surface area contributed by atoms with Crippen molar-refractivity contribution < 1.29 is 4.79 Å². The fraction of sp³-hybridized carbons (Fsp3) is 0.227. The summed E-state index contributed by atoms with van der Waals surface area (Å²) in [5.41, 5.74) is 9.83. The lowest BCUT2D eigenvalue weighted by atomic mass is 10.2. The predicted molar refractivity (Wildman–Crippen MR) is 114 cm³/mol. The molecule has 0 fully saturated rings. The molecule has 0 unspecified atom stereocenters. The van der Waals surface area contributed by atoms with Crippen molar-refractivity contribution in [3.8, 4) is 11.8 Å². The highest BCUT2D eigenvalue weighted by Gasteiger charge is 2.15. The van der Waals surface area contributed by atoms with E-state index in [9.17, 15) is 4.79 Å². The van der Waals surface area contributed by atoms with Crippen LogP contribution in [0.25, 0.3) is 5.69 Å². The lowest BCUT2D eigenvalue weighted by molar-refractivity contribution is 0.0955. The fourth-order valence-electron chi connectivity index (χ4n) is 3.10. The van der Waals surface area contributed by atoms with Crippen molar-refractivity contribution in [3.63, 3.8) is 0 Å². The Bertz CT molecular complexity index is 1030. The lowest BCUT2D eigenvalue weighted by Crippen LogP contribution is -2.31. The number of nitrogens with one attached hydrogen (secondary N) is 2. The second kappa shape index (κ2) is 8.93. The van der Waals surface area contributed by atoms with Crippen LogP contribution in [-0.4, -0.2) is 28.8 Å². The van der Waals surface area contributed by atoms with E-state index in [1.165, 1.54) is 4.68 Å². The molecule has 0 spiro atoms. The molecule has 1 amide bonds.